The van der Waals surface area contributed by atoms with E-state index in [1.54, 1.807) is 13.0 Å². The highest BCUT2D eigenvalue weighted by Crippen LogP contribution is 2.18. The van der Waals surface area contributed by atoms with E-state index >= 15 is 0 Å². The average molecular weight is 193 g/mol. The van der Waals surface area contributed by atoms with Gasteiger partial charge in [0, 0.05) is 31.9 Å². The molecule has 0 N–H and O–H groups in total. The van der Waals surface area contributed by atoms with E-state index in [0.29, 0.717) is 5.56 Å². The highest BCUT2D eigenvalue weighted by molar-refractivity contribution is 5.48. The van der Waals surface area contributed by atoms with E-state index in [4.69, 9.17) is 0 Å². The Hall–Kier alpha value is -1.09. The Morgan fingerprint density at radius 2 is 2.00 bits per heavy atom. The number of nitrogens with zero attached hydrogens (tertiary/aromatic N) is 2. The van der Waals surface area contributed by atoms with Crippen LogP contribution >= 0.6 is 0 Å². The van der Waals surface area contributed by atoms with Gasteiger partial charge >= 0.3 is 0 Å². The molecule has 0 bridgehead atoms. The molecule has 0 atom stereocenters. The molecule has 14 heavy (non-hydrogen) atoms. The molecule has 0 amide bonds. The van der Waals surface area contributed by atoms with Gasteiger partial charge in [0.05, 0.1) is 0 Å². The van der Waals surface area contributed by atoms with Crippen LogP contribution in [0.3, 0.4) is 0 Å². The van der Waals surface area contributed by atoms with Crippen molar-refractivity contribution in [3.05, 3.63) is 29.6 Å². The molecule has 1 fully saturated rings. The number of halogens is 1. The number of benzene rings is 1. The lowest BCUT2D eigenvalue weighted by atomic mass is 10.2. The Balaban J connectivity index is 2.18. The highest BCUT2D eigenvalue weighted by atomic mass is 19.1. The number of rotatable bonds is 1. The average Bonchev–Trinajstić information content (AvgIpc) is 2.23. The molecule has 1 aromatic carbocycles. The lowest BCUT2D eigenvalue weighted by molar-refractivity contribution is 0.574. The standard InChI is InChI=1S/C11H14FN2/c1-9-2-3-10(8-11(9)12)14-6-4-13-5-7-14/h2-3,8H,4-7H2,1H3. The van der Waals surface area contributed by atoms with Crippen LogP contribution in [0, 0.1) is 12.7 Å². The van der Waals surface area contributed by atoms with E-state index in [1.807, 2.05) is 12.1 Å². The van der Waals surface area contributed by atoms with Crippen molar-refractivity contribution < 1.29 is 4.39 Å². The molecule has 0 saturated carbocycles. The van der Waals surface area contributed by atoms with Gasteiger partial charge in [-0.3, -0.25) is 0 Å². The number of anilines is 1. The minimum atomic E-state index is -0.120. The molecule has 2 nitrogen and oxygen atoms in total. The minimum Gasteiger partial charge on any atom is -0.369 e. The van der Waals surface area contributed by atoms with E-state index in [-0.39, 0.29) is 5.82 Å². The first-order valence-electron chi connectivity index (χ1n) is 4.92. The lowest BCUT2D eigenvalue weighted by Gasteiger charge is -2.28. The lowest BCUT2D eigenvalue weighted by Crippen LogP contribution is -2.40. The molecule has 1 aliphatic rings. The molecule has 1 heterocycles. The van der Waals surface area contributed by atoms with Gasteiger partial charge in [-0.1, -0.05) is 6.07 Å². The summed E-state index contributed by atoms with van der Waals surface area (Å²) < 4.78 is 13.3. The monoisotopic (exact) mass is 193 g/mol. The van der Waals surface area contributed by atoms with Gasteiger partial charge in [0.2, 0.25) is 0 Å². The van der Waals surface area contributed by atoms with Crippen LogP contribution in [0.5, 0.6) is 0 Å². The maximum Gasteiger partial charge on any atom is 0.128 e. The van der Waals surface area contributed by atoms with Crippen LogP contribution in [0.25, 0.3) is 0 Å². The van der Waals surface area contributed by atoms with Crippen LogP contribution < -0.4 is 10.2 Å². The van der Waals surface area contributed by atoms with Crippen LogP contribution in [0.2, 0.25) is 0 Å². The molecule has 0 spiro atoms. The Kier molecular flexibility index (Phi) is 2.68. The topological polar surface area (TPSA) is 17.3 Å². The molecule has 2 rings (SSSR count). The van der Waals surface area contributed by atoms with Crippen molar-refractivity contribution >= 4 is 5.69 Å². The molecular weight excluding hydrogens is 179 g/mol. The molecular formula is C11H14FN2. The van der Waals surface area contributed by atoms with Gasteiger partial charge in [-0.2, -0.15) is 0 Å². The van der Waals surface area contributed by atoms with Gasteiger partial charge in [-0.15, -0.1) is 0 Å². The van der Waals surface area contributed by atoms with Crippen molar-refractivity contribution in [2.75, 3.05) is 31.1 Å². The second kappa shape index (κ2) is 3.96. The van der Waals surface area contributed by atoms with E-state index in [9.17, 15) is 4.39 Å². The van der Waals surface area contributed by atoms with Gasteiger partial charge in [0.15, 0.2) is 0 Å². The molecule has 0 unspecified atom stereocenters. The first-order chi connectivity index (χ1) is 6.77. The SMILES string of the molecule is Cc1ccc(N2CC[N]CC2)cc1F. The van der Waals surface area contributed by atoms with Crippen LogP contribution in [0.15, 0.2) is 18.2 Å². The zero-order chi connectivity index (χ0) is 9.97. The molecule has 1 radical (unpaired) electrons. The summed E-state index contributed by atoms with van der Waals surface area (Å²) in [5.41, 5.74) is 1.68. The summed E-state index contributed by atoms with van der Waals surface area (Å²) >= 11 is 0. The van der Waals surface area contributed by atoms with Crippen molar-refractivity contribution in [2.45, 2.75) is 6.92 Å². The fourth-order valence-corrected chi connectivity index (χ4v) is 1.64. The van der Waals surface area contributed by atoms with E-state index in [1.165, 1.54) is 0 Å². The maximum atomic E-state index is 13.3. The van der Waals surface area contributed by atoms with Gasteiger partial charge in [-0.25, -0.2) is 9.71 Å². The summed E-state index contributed by atoms with van der Waals surface area (Å²) in [4.78, 5) is 2.18. The zero-order valence-electron chi connectivity index (χ0n) is 8.33. The molecule has 3 heteroatoms. The second-order valence-corrected chi connectivity index (χ2v) is 3.59. The van der Waals surface area contributed by atoms with Crippen molar-refractivity contribution in [3.8, 4) is 0 Å². The number of aryl methyl sites for hydroxylation is 1. The fraction of sp³-hybridized carbons (Fsp3) is 0.455. The van der Waals surface area contributed by atoms with Gasteiger partial charge in [0.1, 0.15) is 5.82 Å². The van der Waals surface area contributed by atoms with Crippen molar-refractivity contribution in [2.24, 2.45) is 0 Å². The maximum absolute atomic E-state index is 13.3. The third-order valence-electron chi connectivity index (χ3n) is 2.58. The van der Waals surface area contributed by atoms with Crippen LogP contribution in [0.1, 0.15) is 5.56 Å². The predicted molar refractivity (Wildman–Crippen MR) is 55.2 cm³/mol. The first kappa shape index (κ1) is 9.46. The van der Waals surface area contributed by atoms with E-state index < -0.39 is 0 Å². The second-order valence-electron chi connectivity index (χ2n) is 3.59. The van der Waals surface area contributed by atoms with Crippen molar-refractivity contribution in [1.82, 2.24) is 5.32 Å². The molecule has 75 valence electrons. The van der Waals surface area contributed by atoms with Crippen molar-refractivity contribution in [3.63, 3.8) is 0 Å². The van der Waals surface area contributed by atoms with Gasteiger partial charge < -0.3 is 4.90 Å². The fourth-order valence-electron chi connectivity index (χ4n) is 1.64. The molecule has 1 aromatic rings. The van der Waals surface area contributed by atoms with Gasteiger partial charge in [-0.05, 0) is 24.6 Å². The summed E-state index contributed by atoms with van der Waals surface area (Å²) in [6.07, 6.45) is 0. The van der Waals surface area contributed by atoms with E-state index in [0.717, 1.165) is 31.9 Å². The number of piperazine rings is 1. The molecule has 0 aromatic heterocycles. The number of hydrogen-bond donors (Lipinski definition) is 0. The smallest absolute Gasteiger partial charge is 0.128 e. The quantitative estimate of drug-likeness (QED) is 0.661. The van der Waals surface area contributed by atoms with Crippen LogP contribution in [-0.4, -0.2) is 26.2 Å². The third kappa shape index (κ3) is 1.87. The predicted octanol–water partition coefficient (Wildman–Crippen LogP) is 1.56. The Bertz CT molecular complexity index is 319. The minimum absolute atomic E-state index is 0.120. The normalized spacial score (nSPS) is 17.1. The van der Waals surface area contributed by atoms with Crippen molar-refractivity contribution in [1.29, 1.82) is 0 Å². The summed E-state index contributed by atoms with van der Waals surface area (Å²) in [6.45, 7) is 5.31. The highest BCUT2D eigenvalue weighted by Gasteiger charge is 2.11. The Morgan fingerprint density at radius 1 is 1.29 bits per heavy atom. The van der Waals surface area contributed by atoms with Crippen LogP contribution in [-0.2, 0) is 0 Å². The molecule has 1 aliphatic heterocycles. The summed E-state index contributed by atoms with van der Waals surface area (Å²) in [7, 11) is 0. The van der Waals surface area contributed by atoms with Crippen LogP contribution in [0.4, 0.5) is 10.1 Å². The third-order valence-corrected chi connectivity index (χ3v) is 2.58. The largest absolute Gasteiger partial charge is 0.369 e. The zero-order valence-corrected chi connectivity index (χ0v) is 8.33. The molecule has 0 aliphatic carbocycles. The van der Waals surface area contributed by atoms with Gasteiger partial charge in [0.25, 0.3) is 0 Å². The van der Waals surface area contributed by atoms with E-state index in [2.05, 4.69) is 10.2 Å². The summed E-state index contributed by atoms with van der Waals surface area (Å²) in [5, 5.41) is 4.26. The Labute approximate surface area is 83.7 Å². The molecule has 1 saturated heterocycles. The summed E-state index contributed by atoms with van der Waals surface area (Å²) in [6, 6.07) is 5.42. The first-order valence-corrected chi connectivity index (χ1v) is 4.92. The number of hydrogen-bond acceptors (Lipinski definition) is 1. The summed E-state index contributed by atoms with van der Waals surface area (Å²) in [5.74, 6) is -0.120. The Morgan fingerprint density at radius 3 is 2.64 bits per heavy atom.